The molecule has 0 bridgehead atoms. The van der Waals surface area contributed by atoms with Gasteiger partial charge in [-0.25, -0.2) is 9.97 Å². The van der Waals surface area contributed by atoms with Crippen LogP contribution in [0, 0.1) is 11.8 Å². The SMILES string of the molecule is CN1C(=O)c2cc3cnc(Nc4ccc(N5C[C@@H]6CNC[C@@H]6CC5=O)cn4)nc3n2C2CCCCCC21. The quantitative estimate of drug-likeness (QED) is 0.569. The number of fused-ring (bicyclic) bond motifs is 6. The predicted molar refractivity (Wildman–Crippen MR) is 140 cm³/mol. The van der Waals surface area contributed by atoms with E-state index in [4.69, 9.17) is 4.98 Å². The molecule has 10 nitrogen and oxygen atoms in total. The fraction of sp³-hybridized carbons (Fsp3) is 0.519. The van der Waals surface area contributed by atoms with E-state index in [-0.39, 0.29) is 23.9 Å². The van der Waals surface area contributed by atoms with Gasteiger partial charge in [-0.2, -0.15) is 4.98 Å². The summed E-state index contributed by atoms with van der Waals surface area (Å²) in [6.45, 7) is 2.64. The molecule has 3 aromatic rings. The van der Waals surface area contributed by atoms with Crippen LogP contribution in [0.2, 0.25) is 0 Å². The minimum Gasteiger partial charge on any atom is -0.335 e. The average Bonchev–Trinajstić information content (AvgIpc) is 3.43. The van der Waals surface area contributed by atoms with Gasteiger partial charge >= 0.3 is 0 Å². The maximum absolute atomic E-state index is 13.2. The summed E-state index contributed by atoms with van der Waals surface area (Å²) >= 11 is 0. The molecule has 3 aliphatic heterocycles. The number of pyridine rings is 1. The molecule has 3 aromatic heterocycles. The molecule has 4 atom stereocenters. The van der Waals surface area contributed by atoms with E-state index in [1.165, 1.54) is 6.42 Å². The number of hydrogen-bond acceptors (Lipinski definition) is 7. The molecule has 1 saturated carbocycles. The Kier molecular flexibility index (Phi) is 5.38. The first kappa shape index (κ1) is 22.7. The monoisotopic (exact) mass is 500 g/mol. The van der Waals surface area contributed by atoms with E-state index in [1.54, 1.807) is 12.4 Å². The number of carbonyl (C=O) groups is 2. The molecule has 37 heavy (non-hydrogen) atoms. The molecule has 2 amide bonds. The molecular weight excluding hydrogens is 468 g/mol. The Balaban J connectivity index is 1.15. The molecule has 4 aliphatic rings. The summed E-state index contributed by atoms with van der Waals surface area (Å²) in [5.41, 5.74) is 2.31. The fourth-order valence-electron chi connectivity index (χ4n) is 6.82. The highest BCUT2D eigenvalue weighted by atomic mass is 16.2. The molecule has 6 heterocycles. The third-order valence-electron chi connectivity index (χ3n) is 8.82. The van der Waals surface area contributed by atoms with Gasteiger partial charge in [0.2, 0.25) is 11.9 Å². The number of piperidine rings is 1. The molecule has 10 heteroatoms. The van der Waals surface area contributed by atoms with Crippen molar-refractivity contribution in [3.63, 3.8) is 0 Å². The van der Waals surface area contributed by atoms with Crippen LogP contribution < -0.4 is 15.5 Å². The normalized spacial score (nSPS) is 27.6. The number of nitrogens with one attached hydrogen (secondary N) is 2. The van der Waals surface area contributed by atoms with Crippen molar-refractivity contribution < 1.29 is 9.59 Å². The van der Waals surface area contributed by atoms with Gasteiger partial charge in [-0.1, -0.05) is 19.3 Å². The molecule has 7 rings (SSSR count). The molecule has 0 radical (unpaired) electrons. The first-order valence-electron chi connectivity index (χ1n) is 13.5. The van der Waals surface area contributed by atoms with E-state index < -0.39 is 0 Å². The lowest BCUT2D eigenvalue weighted by molar-refractivity contribution is -0.121. The van der Waals surface area contributed by atoms with Gasteiger partial charge in [-0.3, -0.25) is 9.59 Å². The number of anilines is 3. The lowest BCUT2D eigenvalue weighted by atomic mass is 9.88. The Bertz CT molecular complexity index is 1370. The van der Waals surface area contributed by atoms with Crippen LogP contribution in [0.25, 0.3) is 11.0 Å². The molecule has 0 aromatic carbocycles. The molecule has 192 valence electrons. The Labute approximate surface area is 215 Å². The number of carbonyl (C=O) groups excluding carboxylic acids is 2. The van der Waals surface area contributed by atoms with Crippen molar-refractivity contribution in [2.24, 2.45) is 11.8 Å². The van der Waals surface area contributed by atoms with Crippen LogP contribution in [0.5, 0.6) is 0 Å². The van der Waals surface area contributed by atoms with Crippen molar-refractivity contribution in [3.8, 4) is 0 Å². The van der Waals surface area contributed by atoms with Crippen LogP contribution in [0.15, 0.2) is 30.6 Å². The number of hydrogen-bond donors (Lipinski definition) is 2. The molecule has 2 unspecified atom stereocenters. The molecule has 3 fully saturated rings. The van der Waals surface area contributed by atoms with Crippen LogP contribution in [-0.2, 0) is 4.79 Å². The zero-order valence-electron chi connectivity index (χ0n) is 21.1. The Morgan fingerprint density at radius 2 is 1.84 bits per heavy atom. The van der Waals surface area contributed by atoms with E-state index in [0.717, 1.165) is 62.0 Å². The van der Waals surface area contributed by atoms with Gasteiger partial charge in [0.1, 0.15) is 17.2 Å². The summed E-state index contributed by atoms with van der Waals surface area (Å²) in [6.07, 6.45) is 9.69. The maximum atomic E-state index is 13.2. The number of amides is 2. The minimum absolute atomic E-state index is 0.0554. The summed E-state index contributed by atoms with van der Waals surface area (Å²) in [5.74, 6) is 2.23. The number of likely N-dealkylation sites (N-methyl/N-ethyl adjacent to an activating group) is 1. The van der Waals surface area contributed by atoms with Gasteiger partial charge in [0, 0.05) is 31.6 Å². The zero-order valence-corrected chi connectivity index (χ0v) is 21.1. The second kappa shape index (κ2) is 8.79. The van der Waals surface area contributed by atoms with Crippen molar-refractivity contribution >= 4 is 40.3 Å². The first-order chi connectivity index (χ1) is 18.1. The first-order valence-corrected chi connectivity index (χ1v) is 13.5. The van der Waals surface area contributed by atoms with Crippen LogP contribution in [-0.4, -0.2) is 69.0 Å². The minimum atomic E-state index is 0.0554. The highest BCUT2D eigenvalue weighted by molar-refractivity contribution is 5.99. The van der Waals surface area contributed by atoms with Crippen molar-refractivity contribution in [1.29, 1.82) is 0 Å². The summed E-state index contributed by atoms with van der Waals surface area (Å²) < 4.78 is 2.16. The van der Waals surface area contributed by atoms with Gasteiger partial charge in [0.25, 0.3) is 5.91 Å². The third-order valence-corrected chi connectivity index (χ3v) is 8.82. The number of rotatable bonds is 3. The van der Waals surface area contributed by atoms with Crippen LogP contribution in [0.3, 0.4) is 0 Å². The molecule has 0 spiro atoms. The maximum Gasteiger partial charge on any atom is 0.270 e. The number of aromatic nitrogens is 4. The predicted octanol–water partition coefficient (Wildman–Crippen LogP) is 3.10. The fourth-order valence-corrected chi connectivity index (χ4v) is 6.82. The van der Waals surface area contributed by atoms with E-state index in [2.05, 4.69) is 25.2 Å². The molecule has 2 saturated heterocycles. The summed E-state index contributed by atoms with van der Waals surface area (Å²) in [6, 6.07) is 6.15. The van der Waals surface area contributed by atoms with Gasteiger partial charge < -0.3 is 25.0 Å². The zero-order chi connectivity index (χ0) is 25.1. The lowest BCUT2D eigenvalue weighted by Gasteiger charge is -2.40. The smallest absolute Gasteiger partial charge is 0.270 e. The second-order valence-electron chi connectivity index (χ2n) is 11.0. The van der Waals surface area contributed by atoms with Crippen LogP contribution >= 0.6 is 0 Å². The highest BCUT2D eigenvalue weighted by Crippen LogP contribution is 2.39. The second-order valence-corrected chi connectivity index (χ2v) is 11.0. The summed E-state index contributed by atoms with van der Waals surface area (Å²) in [4.78, 5) is 43.6. The number of nitrogens with zero attached hydrogens (tertiary/aromatic N) is 6. The van der Waals surface area contributed by atoms with Gasteiger partial charge in [0.05, 0.1) is 24.0 Å². The van der Waals surface area contributed by atoms with Gasteiger partial charge in [-0.05, 0) is 56.0 Å². The van der Waals surface area contributed by atoms with Crippen molar-refractivity contribution in [2.75, 3.05) is 36.9 Å². The van der Waals surface area contributed by atoms with Crippen LogP contribution in [0.4, 0.5) is 17.5 Å². The Hall–Kier alpha value is -3.53. The lowest BCUT2D eigenvalue weighted by Crippen LogP contribution is -2.48. The molecular formula is C27H32N8O2. The van der Waals surface area contributed by atoms with Crippen molar-refractivity contribution in [3.05, 3.63) is 36.3 Å². The third kappa shape index (κ3) is 3.77. The summed E-state index contributed by atoms with van der Waals surface area (Å²) in [7, 11) is 1.93. The average molecular weight is 501 g/mol. The molecule has 2 N–H and O–H groups in total. The van der Waals surface area contributed by atoms with Crippen molar-refractivity contribution in [2.45, 2.75) is 50.6 Å². The topological polar surface area (TPSA) is 108 Å². The van der Waals surface area contributed by atoms with Crippen molar-refractivity contribution in [1.82, 2.24) is 29.7 Å². The summed E-state index contributed by atoms with van der Waals surface area (Å²) in [5, 5.41) is 7.50. The van der Waals surface area contributed by atoms with Gasteiger partial charge in [-0.15, -0.1) is 0 Å². The standard InChI is InChI=1S/C27H32N8O2/c1-33-20-5-3-2-4-6-21(20)35-22(26(33)37)9-17-13-30-27(32-25(17)35)31-23-8-7-19(14-29-23)34-15-18-12-28-11-16(18)10-24(34)36/h7-9,13-14,16,18,20-21,28H,2-6,10-12,15H2,1H3,(H,29,30,31,32)/t16-,18-,20?,21?/m0/s1. The van der Waals surface area contributed by atoms with Gasteiger partial charge in [0.15, 0.2) is 0 Å². The van der Waals surface area contributed by atoms with E-state index >= 15 is 0 Å². The Morgan fingerprint density at radius 1 is 1.00 bits per heavy atom. The largest absolute Gasteiger partial charge is 0.335 e. The van der Waals surface area contributed by atoms with E-state index in [0.29, 0.717) is 35.7 Å². The molecule has 1 aliphatic carbocycles. The van der Waals surface area contributed by atoms with E-state index in [1.807, 2.05) is 35.0 Å². The van der Waals surface area contributed by atoms with E-state index in [9.17, 15) is 9.59 Å². The Morgan fingerprint density at radius 3 is 2.68 bits per heavy atom. The highest BCUT2D eigenvalue weighted by Gasteiger charge is 2.40. The van der Waals surface area contributed by atoms with Crippen LogP contribution in [0.1, 0.15) is 55.1 Å².